The molecule has 0 saturated carbocycles. The number of halogens is 1. The van der Waals surface area contributed by atoms with Crippen LogP contribution in [0.5, 0.6) is 0 Å². The number of fused-ring (bicyclic) bond motifs is 1. The molecule has 0 saturated heterocycles. The number of guanidine groups is 1. The smallest absolute Gasteiger partial charge is 0.191 e. The lowest BCUT2D eigenvalue weighted by atomic mass is 10.1. The van der Waals surface area contributed by atoms with Crippen LogP contribution in [-0.2, 0) is 19.5 Å². The number of hydrogen-bond donors (Lipinski definition) is 3. The van der Waals surface area contributed by atoms with Gasteiger partial charge < -0.3 is 15.6 Å². The lowest BCUT2D eigenvalue weighted by Crippen LogP contribution is -2.37. The van der Waals surface area contributed by atoms with E-state index in [1.165, 1.54) is 33.2 Å². The number of nitrogens with zero attached hydrogens (tertiary/aromatic N) is 3. The van der Waals surface area contributed by atoms with Crippen molar-refractivity contribution in [2.45, 2.75) is 26.4 Å². The first kappa shape index (κ1) is 22.9. The summed E-state index contributed by atoms with van der Waals surface area (Å²) in [6, 6.07) is 17.0. The summed E-state index contributed by atoms with van der Waals surface area (Å²) in [4.78, 5) is 7.72. The van der Waals surface area contributed by atoms with Crippen molar-refractivity contribution >= 4 is 40.8 Å². The standard InChI is InChI=1S/C24H28N6.HI/c1-18-7-8-22-21(16-27-23(22)13-18)9-11-26-24(25-2)28-15-19-5-3-6-20(14-19)17-30-12-4-10-29-30;/h3-8,10,12-14,16,27H,9,11,15,17H2,1-2H3,(H2,25,26,28);1H. The molecule has 0 bridgehead atoms. The largest absolute Gasteiger partial charge is 0.361 e. The molecule has 6 nitrogen and oxygen atoms in total. The van der Waals surface area contributed by atoms with Gasteiger partial charge in [-0.3, -0.25) is 9.67 Å². The highest BCUT2D eigenvalue weighted by molar-refractivity contribution is 14.0. The Bertz CT molecular complexity index is 1130. The van der Waals surface area contributed by atoms with Gasteiger partial charge in [0.05, 0.1) is 6.54 Å². The molecule has 0 unspecified atom stereocenters. The van der Waals surface area contributed by atoms with Crippen LogP contribution in [0.25, 0.3) is 10.9 Å². The van der Waals surface area contributed by atoms with Gasteiger partial charge in [0.1, 0.15) is 0 Å². The molecular formula is C24H29IN6. The first-order chi connectivity index (χ1) is 14.7. The Morgan fingerprint density at radius 1 is 1.10 bits per heavy atom. The van der Waals surface area contributed by atoms with Crippen molar-refractivity contribution < 1.29 is 0 Å². The molecule has 7 heteroatoms. The van der Waals surface area contributed by atoms with Gasteiger partial charge in [0.15, 0.2) is 5.96 Å². The first-order valence-electron chi connectivity index (χ1n) is 10.3. The maximum atomic E-state index is 4.35. The van der Waals surface area contributed by atoms with Crippen LogP contribution in [0, 0.1) is 6.92 Å². The van der Waals surface area contributed by atoms with Crippen LogP contribution in [0.1, 0.15) is 22.3 Å². The topological polar surface area (TPSA) is 70.0 Å². The van der Waals surface area contributed by atoms with Crippen molar-refractivity contribution in [1.82, 2.24) is 25.4 Å². The second-order valence-corrected chi connectivity index (χ2v) is 7.49. The number of benzene rings is 2. The van der Waals surface area contributed by atoms with Crippen molar-refractivity contribution in [2.75, 3.05) is 13.6 Å². The minimum atomic E-state index is 0. The molecule has 0 aliphatic carbocycles. The Labute approximate surface area is 200 Å². The second-order valence-electron chi connectivity index (χ2n) is 7.49. The zero-order chi connectivity index (χ0) is 20.8. The fourth-order valence-electron chi connectivity index (χ4n) is 3.65. The molecule has 4 rings (SSSR count). The summed E-state index contributed by atoms with van der Waals surface area (Å²) in [5.74, 6) is 0.808. The molecule has 0 amide bonds. The SMILES string of the molecule is CN=C(NCCc1c[nH]c2cc(C)ccc12)NCc1cccc(Cn2cccn2)c1.I. The van der Waals surface area contributed by atoms with Gasteiger partial charge >= 0.3 is 0 Å². The zero-order valence-corrected chi connectivity index (χ0v) is 20.3. The van der Waals surface area contributed by atoms with E-state index in [1.54, 1.807) is 13.2 Å². The summed E-state index contributed by atoms with van der Waals surface area (Å²) >= 11 is 0. The average molecular weight is 528 g/mol. The molecule has 3 N–H and O–H groups in total. The molecule has 0 radical (unpaired) electrons. The van der Waals surface area contributed by atoms with Crippen molar-refractivity contribution in [1.29, 1.82) is 0 Å². The molecule has 31 heavy (non-hydrogen) atoms. The molecular weight excluding hydrogens is 499 g/mol. The van der Waals surface area contributed by atoms with E-state index in [4.69, 9.17) is 0 Å². The van der Waals surface area contributed by atoms with Crippen LogP contribution in [0.15, 0.2) is 72.1 Å². The lowest BCUT2D eigenvalue weighted by molar-refractivity contribution is 0.685. The number of hydrogen-bond acceptors (Lipinski definition) is 2. The Balaban J connectivity index is 0.00000272. The summed E-state index contributed by atoms with van der Waals surface area (Å²) in [6.45, 7) is 4.43. The van der Waals surface area contributed by atoms with Gasteiger partial charge in [-0.1, -0.05) is 36.4 Å². The number of H-pyrrole nitrogens is 1. The maximum absolute atomic E-state index is 4.35. The van der Waals surface area contributed by atoms with Gasteiger partial charge in [0.25, 0.3) is 0 Å². The van der Waals surface area contributed by atoms with Crippen LogP contribution >= 0.6 is 24.0 Å². The van der Waals surface area contributed by atoms with Gasteiger partial charge in [-0.05, 0) is 47.7 Å². The van der Waals surface area contributed by atoms with Gasteiger partial charge in [0.2, 0.25) is 0 Å². The van der Waals surface area contributed by atoms with Gasteiger partial charge in [-0.25, -0.2) is 0 Å². The molecule has 2 aromatic carbocycles. The van der Waals surface area contributed by atoms with E-state index >= 15 is 0 Å². The molecule has 0 aliphatic rings. The summed E-state index contributed by atoms with van der Waals surface area (Å²) in [5.41, 5.74) is 6.24. The van der Waals surface area contributed by atoms with Crippen molar-refractivity contribution in [3.05, 3.63) is 89.4 Å². The Morgan fingerprint density at radius 2 is 1.97 bits per heavy atom. The number of aromatic nitrogens is 3. The number of rotatable bonds is 7. The number of aryl methyl sites for hydroxylation is 1. The second kappa shape index (κ2) is 11.0. The lowest BCUT2D eigenvalue weighted by Gasteiger charge is -2.12. The van der Waals surface area contributed by atoms with E-state index in [0.29, 0.717) is 0 Å². The summed E-state index contributed by atoms with van der Waals surface area (Å²) in [5, 5.41) is 12.4. The number of nitrogens with one attached hydrogen (secondary N) is 3. The van der Waals surface area contributed by atoms with Crippen molar-refractivity contribution in [3.8, 4) is 0 Å². The Kier molecular flexibility index (Phi) is 8.11. The monoisotopic (exact) mass is 528 g/mol. The molecule has 2 heterocycles. The third-order valence-corrected chi connectivity index (χ3v) is 5.19. The summed E-state index contributed by atoms with van der Waals surface area (Å²) < 4.78 is 1.93. The van der Waals surface area contributed by atoms with Crippen LogP contribution in [0.3, 0.4) is 0 Å². The third kappa shape index (κ3) is 6.10. The van der Waals surface area contributed by atoms with E-state index in [1.807, 2.05) is 16.9 Å². The first-order valence-corrected chi connectivity index (χ1v) is 10.3. The maximum Gasteiger partial charge on any atom is 0.191 e. The minimum absolute atomic E-state index is 0. The Morgan fingerprint density at radius 3 is 2.77 bits per heavy atom. The van der Waals surface area contributed by atoms with Crippen LogP contribution in [0.4, 0.5) is 0 Å². The fraction of sp³-hybridized carbons (Fsp3) is 0.250. The zero-order valence-electron chi connectivity index (χ0n) is 17.9. The highest BCUT2D eigenvalue weighted by Crippen LogP contribution is 2.19. The van der Waals surface area contributed by atoms with E-state index in [2.05, 4.69) is 81.3 Å². The van der Waals surface area contributed by atoms with Crippen LogP contribution in [0.2, 0.25) is 0 Å². The average Bonchev–Trinajstić information content (AvgIpc) is 3.40. The molecule has 0 aliphatic heterocycles. The normalized spacial score (nSPS) is 11.4. The Hall–Kier alpha value is -2.81. The molecule has 4 aromatic rings. The van der Waals surface area contributed by atoms with Crippen LogP contribution < -0.4 is 10.6 Å². The number of aromatic amines is 1. The highest BCUT2D eigenvalue weighted by atomic mass is 127. The third-order valence-electron chi connectivity index (χ3n) is 5.19. The highest BCUT2D eigenvalue weighted by Gasteiger charge is 2.05. The van der Waals surface area contributed by atoms with Gasteiger partial charge in [-0.2, -0.15) is 5.10 Å². The van der Waals surface area contributed by atoms with E-state index in [9.17, 15) is 0 Å². The predicted octanol–water partition coefficient (Wildman–Crippen LogP) is 4.25. The summed E-state index contributed by atoms with van der Waals surface area (Å²) in [7, 11) is 1.80. The van der Waals surface area contributed by atoms with Gasteiger partial charge in [-0.15, -0.1) is 24.0 Å². The van der Waals surface area contributed by atoms with Crippen molar-refractivity contribution in [2.24, 2.45) is 4.99 Å². The predicted molar refractivity (Wildman–Crippen MR) is 138 cm³/mol. The fourth-order valence-corrected chi connectivity index (χ4v) is 3.65. The number of aliphatic imine (C=N–C) groups is 1. The minimum Gasteiger partial charge on any atom is -0.361 e. The van der Waals surface area contributed by atoms with Gasteiger partial charge in [0, 0.05) is 49.6 Å². The van der Waals surface area contributed by atoms with Crippen LogP contribution in [-0.4, -0.2) is 34.3 Å². The molecule has 2 aromatic heterocycles. The molecule has 162 valence electrons. The van der Waals surface area contributed by atoms with Crippen molar-refractivity contribution in [3.63, 3.8) is 0 Å². The molecule has 0 atom stereocenters. The summed E-state index contributed by atoms with van der Waals surface area (Å²) in [6.07, 6.45) is 6.82. The molecule has 0 fully saturated rings. The van der Waals surface area contributed by atoms with E-state index in [0.717, 1.165) is 32.0 Å². The van der Waals surface area contributed by atoms with E-state index in [-0.39, 0.29) is 24.0 Å². The quantitative estimate of drug-likeness (QED) is 0.191. The van der Waals surface area contributed by atoms with E-state index < -0.39 is 0 Å². The molecule has 0 spiro atoms.